The van der Waals surface area contributed by atoms with E-state index in [-0.39, 0.29) is 5.92 Å². The lowest BCUT2D eigenvalue weighted by Gasteiger charge is -2.36. The molecule has 0 N–H and O–H groups in total. The van der Waals surface area contributed by atoms with Gasteiger partial charge in [0.15, 0.2) is 0 Å². The standard InChI is InChI=1S/C14H21N3O2S/c18-14(17-4-6-19-7-5-17)12-2-1-3-16(8-12)9-13-10-20-11-15-13/h10-12H,1-9H2. The van der Waals surface area contributed by atoms with Crippen molar-refractivity contribution in [3.05, 3.63) is 16.6 Å². The molecule has 3 heterocycles. The van der Waals surface area contributed by atoms with Crippen LogP contribution in [0.15, 0.2) is 10.9 Å². The van der Waals surface area contributed by atoms with Gasteiger partial charge in [-0.05, 0) is 19.4 Å². The molecule has 1 unspecified atom stereocenters. The summed E-state index contributed by atoms with van der Waals surface area (Å²) in [7, 11) is 0. The molecule has 0 saturated carbocycles. The first-order valence-electron chi connectivity index (χ1n) is 7.29. The highest BCUT2D eigenvalue weighted by Gasteiger charge is 2.30. The van der Waals surface area contributed by atoms with E-state index in [1.54, 1.807) is 11.3 Å². The molecule has 2 saturated heterocycles. The Morgan fingerprint density at radius 2 is 2.25 bits per heavy atom. The van der Waals surface area contributed by atoms with E-state index in [0.717, 1.165) is 51.3 Å². The first-order chi connectivity index (χ1) is 9.83. The van der Waals surface area contributed by atoms with E-state index in [1.807, 2.05) is 10.4 Å². The number of piperidine rings is 1. The van der Waals surface area contributed by atoms with Crippen molar-refractivity contribution in [3.63, 3.8) is 0 Å². The minimum atomic E-state index is 0.153. The number of carbonyl (C=O) groups is 1. The number of likely N-dealkylation sites (tertiary alicyclic amines) is 1. The van der Waals surface area contributed by atoms with E-state index in [2.05, 4.69) is 15.3 Å². The van der Waals surface area contributed by atoms with Gasteiger partial charge in [0.25, 0.3) is 0 Å². The summed E-state index contributed by atoms with van der Waals surface area (Å²) in [5, 5.41) is 2.09. The van der Waals surface area contributed by atoms with Gasteiger partial charge in [0.1, 0.15) is 0 Å². The Balaban J connectivity index is 1.55. The summed E-state index contributed by atoms with van der Waals surface area (Å²) >= 11 is 1.63. The third-order valence-corrected chi connectivity index (χ3v) is 4.68. The van der Waals surface area contributed by atoms with Gasteiger partial charge >= 0.3 is 0 Å². The van der Waals surface area contributed by atoms with E-state index in [1.165, 1.54) is 0 Å². The summed E-state index contributed by atoms with van der Waals surface area (Å²) in [5.41, 5.74) is 2.99. The molecule has 2 aliphatic rings. The van der Waals surface area contributed by atoms with Crippen LogP contribution in [0.25, 0.3) is 0 Å². The smallest absolute Gasteiger partial charge is 0.227 e. The highest BCUT2D eigenvalue weighted by molar-refractivity contribution is 7.07. The Labute approximate surface area is 123 Å². The zero-order valence-corrected chi connectivity index (χ0v) is 12.5. The van der Waals surface area contributed by atoms with Crippen LogP contribution in [0.5, 0.6) is 0 Å². The molecule has 2 fully saturated rings. The minimum absolute atomic E-state index is 0.153. The van der Waals surface area contributed by atoms with Gasteiger partial charge in [-0.15, -0.1) is 11.3 Å². The second-order valence-corrected chi connectivity index (χ2v) is 6.21. The van der Waals surface area contributed by atoms with Gasteiger partial charge in [0, 0.05) is 31.6 Å². The summed E-state index contributed by atoms with van der Waals surface area (Å²) in [4.78, 5) is 21.2. The highest BCUT2D eigenvalue weighted by Crippen LogP contribution is 2.21. The van der Waals surface area contributed by atoms with E-state index in [4.69, 9.17) is 4.74 Å². The lowest BCUT2D eigenvalue weighted by atomic mass is 9.96. The molecular formula is C14H21N3O2S. The van der Waals surface area contributed by atoms with Gasteiger partial charge in [-0.25, -0.2) is 4.98 Å². The maximum Gasteiger partial charge on any atom is 0.227 e. The van der Waals surface area contributed by atoms with Crippen molar-refractivity contribution in [2.24, 2.45) is 5.92 Å². The predicted octanol–water partition coefficient (Wildman–Crippen LogP) is 1.21. The van der Waals surface area contributed by atoms with E-state index < -0.39 is 0 Å². The number of amides is 1. The molecule has 0 spiro atoms. The Kier molecular flexibility index (Phi) is 4.65. The van der Waals surface area contributed by atoms with Crippen LogP contribution in [0.4, 0.5) is 0 Å². The van der Waals surface area contributed by atoms with E-state index in [9.17, 15) is 4.79 Å². The monoisotopic (exact) mass is 295 g/mol. The summed E-state index contributed by atoms with van der Waals surface area (Å²) in [6, 6.07) is 0. The van der Waals surface area contributed by atoms with E-state index in [0.29, 0.717) is 19.1 Å². The molecule has 6 heteroatoms. The SMILES string of the molecule is O=C(C1CCCN(Cc2cscn2)C1)N1CCOCC1. The number of nitrogens with zero attached hydrogens (tertiary/aromatic N) is 3. The summed E-state index contributed by atoms with van der Waals surface area (Å²) < 4.78 is 5.32. The van der Waals surface area contributed by atoms with Crippen molar-refractivity contribution >= 4 is 17.2 Å². The second kappa shape index (κ2) is 6.65. The first kappa shape index (κ1) is 14.0. The van der Waals surface area contributed by atoms with Gasteiger partial charge in [-0.3, -0.25) is 9.69 Å². The van der Waals surface area contributed by atoms with Crippen LogP contribution in [-0.4, -0.2) is 60.1 Å². The minimum Gasteiger partial charge on any atom is -0.378 e. The normalized spacial score (nSPS) is 24.8. The lowest BCUT2D eigenvalue weighted by molar-refractivity contribution is -0.141. The van der Waals surface area contributed by atoms with Crippen molar-refractivity contribution in [2.75, 3.05) is 39.4 Å². The van der Waals surface area contributed by atoms with Gasteiger partial charge in [0.2, 0.25) is 5.91 Å². The molecule has 110 valence electrons. The fraction of sp³-hybridized carbons (Fsp3) is 0.714. The number of hydrogen-bond donors (Lipinski definition) is 0. The van der Waals surface area contributed by atoms with Crippen LogP contribution in [0.3, 0.4) is 0 Å². The quantitative estimate of drug-likeness (QED) is 0.841. The summed E-state index contributed by atoms with van der Waals surface area (Å²) in [6.07, 6.45) is 2.12. The number of ether oxygens (including phenoxy) is 1. The molecular weight excluding hydrogens is 274 g/mol. The van der Waals surface area contributed by atoms with Gasteiger partial charge in [0.05, 0.1) is 30.3 Å². The fourth-order valence-electron chi connectivity index (χ4n) is 2.99. The third-order valence-electron chi connectivity index (χ3n) is 4.05. The largest absolute Gasteiger partial charge is 0.378 e. The zero-order valence-electron chi connectivity index (χ0n) is 11.7. The molecule has 20 heavy (non-hydrogen) atoms. The van der Waals surface area contributed by atoms with Crippen LogP contribution >= 0.6 is 11.3 Å². The number of hydrogen-bond acceptors (Lipinski definition) is 5. The lowest BCUT2D eigenvalue weighted by Crippen LogP contribution is -2.48. The first-order valence-corrected chi connectivity index (χ1v) is 8.23. The zero-order chi connectivity index (χ0) is 13.8. The maximum absolute atomic E-state index is 12.5. The van der Waals surface area contributed by atoms with Crippen LogP contribution in [0.2, 0.25) is 0 Å². The van der Waals surface area contributed by atoms with Gasteiger partial charge in [-0.1, -0.05) is 0 Å². The predicted molar refractivity (Wildman–Crippen MR) is 77.5 cm³/mol. The number of thiazole rings is 1. The van der Waals surface area contributed by atoms with Gasteiger partial charge in [-0.2, -0.15) is 0 Å². The fourth-order valence-corrected chi connectivity index (χ4v) is 3.54. The molecule has 0 bridgehead atoms. The van der Waals surface area contributed by atoms with Crippen LogP contribution in [0.1, 0.15) is 18.5 Å². The van der Waals surface area contributed by atoms with Crippen LogP contribution < -0.4 is 0 Å². The highest BCUT2D eigenvalue weighted by atomic mass is 32.1. The topological polar surface area (TPSA) is 45.7 Å². The number of morpholine rings is 1. The average Bonchev–Trinajstić information content (AvgIpc) is 3.01. The Morgan fingerprint density at radius 3 is 3.00 bits per heavy atom. The van der Waals surface area contributed by atoms with Crippen molar-refractivity contribution in [1.82, 2.24) is 14.8 Å². The van der Waals surface area contributed by atoms with E-state index >= 15 is 0 Å². The molecule has 1 aromatic heterocycles. The van der Waals surface area contributed by atoms with Crippen molar-refractivity contribution in [2.45, 2.75) is 19.4 Å². The molecule has 0 aromatic carbocycles. The van der Waals surface area contributed by atoms with Crippen LogP contribution in [0, 0.1) is 5.92 Å². The van der Waals surface area contributed by atoms with Crippen molar-refractivity contribution in [1.29, 1.82) is 0 Å². The number of rotatable bonds is 3. The molecule has 1 atom stereocenters. The summed E-state index contributed by atoms with van der Waals surface area (Å²) in [5.74, 6) is 0.469. The molecule has 2 aliphatic heterocycles. The second-order valence-electron chi connectivity index (χ2n) is 5.49. The number of aromatic nitrogens is 1. The Bertz CT molecular complexity index is 432. The molecule has 1 aromatic rings. The maximum atomic E-state index is 12.5. The molecule has 5 nitrogen and oxygen atoms in total. The average molecular weight is 295 g/mol. The van der Waals surface area contributed by atoms with Crippen molar-refractivity contribution < 1.29 is 9.53 Å². The van der Waals surface area contributed by atoms with Crippen LogP contribution in [-0.2, 0) is 16.1 Å². The van der Waals surface area contributed by atoms with Crippen molar-refractivity contribution in [3.8, 4) is 0 Å². The Morgan fingerprint density at radius 1 is 1.40 bits per heavy atom. The Hall–Kier alpha value is -0.980. The molecule has 3 rings (SSSR count). The van der Waals surface area contributed by atoms with Gasteiger partial charge < -0.3 is 9.64 Å². The molecule has 0 aliphatic carbocycles. The number of carbonyl (C=O) groups excluding carboxylic acids is 1. The molecule has 1 amide bonds. The third kappa shape index (κ3) is 3.37. The molecule has 0 radical (unpaired) electrons. The summed E-state index contributed by atoms with van der Waals surface area (Å²) in [6.45, 7) is 5.68.